The van der Waals surface area contributed by atoms with Crippen molar-refractivity contribution in [3.8, 4) is 11.5 Å². The summed E-state index contributed by atoms with van der Waals surface area (Å²) in [4.78, 5) is 31.7. The number of benzene rings is 3. The molecule has 0 bridgehead atoms. The highest BCUT2D eigenvalue weighted by atomic mass is 16.5. The molecule has 0 saturated carbocycles. The van der Waals surface area contributed by atoms with E-state index < -0.39 is 5.97 Å². The zero-order valence-corrected chi connectivity index (χ0v) is 18.0. The topological polar surface area (TPSA) is 85.5 Å². The number of rotatable bonds is 4. The minimum absolute atomic E-state index is 0.303. The van der Waals surface area contributed by atoms with E-state index in [1.807, 2.05) is 48.5 Å². The maximum Gasteiger partial charge on any atom is 0.338 e. The normalized spacial score (nSPS) is 12.5. The summed E-state index contributed by atoms with van der Waals surface area (Å²) in [7, 11) is 0. The van der Waals surface area contributed by atoms with Crippen LogP contribution >= 0.6 is 0 Å². The third-order valence-corrected chi connectivity index (χ3v) is 5.60. The number of hydrogen-bond donors (Lipinski definition) is 0. The number of amides is 1. The van der Waals surface area contributed by atoms with Gasteiger partial charge in [0.2, 0.25) is 0 Å². The number of aryl methyl sites for hydroxylation is 3. The van der Waals surface area contributed by atoms with Crippen molar-refractivity contribution in [3.63, 3.8) is 0 Å². The van der Waals surface area contributed by atoms with Gasteiger partial charge in [0, 0.05) is 5.56 Å². The molecule has 4 aromatic rings. The molecule has 1 aliphatic heterocycles. The van der Waals surface area contributed by atoms with Crippen molar-refractivity contribution in [2.45, 2.75) is 19.8 Å². The number of fused-ring (bicyclic) bond motifs is 2. The van der Waals surface area contributed by atoms with Crippen molar-refractivity contribution in [2.75, 3.05) is 11.5 Å². The summed E-state index contributed by atoms with van der Waals surface area (Å²) < 4.78 is 10.5. The fourth-order valence-corrected chi connectivity index (χ4v) is 3.99. The highest BCUT2D eigenvalue weighted by Gasteiger charge is 2.26. The summed E-state index contributed by atoms with van der Waals surface area (Å²) >= 11 is 0. The molecule has 0 saturated heterocycles. The fraction of sp³-hybridized carbons (Fsp3) is 0.154. The number of esters is 1. The minimum Gasteiger partial charge on any atom is -0.452 e. The van der Waals surface area contributed by atoms with Crippen molar-refractivity contribution in [1.29, 1.82) is 0 Å². The molecule has 2 heterocycles. The Labute approximate surface area is 190 Å². The van der Waals surface area contributed by atoms with Gasteiger partial charge in [-0.3, -0.25) is 9.69 Å². The molecule has 0 unspecified atom stereocenters. The van der Waals surface area contributed by atoms with E-state index in [4.69, 9.17) is 9.26 Å². The van der Waals surface area contributed by atoms with Crippen LogP contribution < -0.4 is 4.90 Å². The number of carbonyl (C=O) groups excluding carboxylic acids is 2. The lowest BCUT2D eigenvalue weighted by atomic mass is 10.0. The SMILES string of the molecule is Cc1noc(-c2ccc(C(=O)OCC(=O)N3c4ccccc4CCc4ccccc43)cc2)n1. The second-order valence-electron chi connectivity index (χ2n) is 7.79. The first-order valence-electron chi connectivity index (χ1n) is 10.7. The Morgan fingerprint density at radius 2 is 1.52 bits per heavy atom. The van der Waals surface area contributed by atoms with Gasteiger partial charge in [0.05, 0.1) is 16.9 Å². The van der Waals surface area contributed by atoms with Gasteiger partial charge in [-0.2, -0.15) is 4.98 Å². The molecule has 7 nitrogen and oxygen atoms in total. The van der Waals surface area contributed by atoms with Gasteiger partial charge in [0.15, 0.2) is 12.4 Å². The predicted octanol–water partition coefficient (Wildman–Crippen LogP) is 4.67. The van der Waals surface area contributed by atoms with Crippen molar-refractivity contribution in [2.24, 2.45) is 0 Å². The summed E-state index contributed by atoms with van der Waals surface area (Å²) in [5.41, 5.74) is 4.84. The van der Waals surface area contributed by atoms with Crippen molar-refractivity contribution < 1.29 is 18.8 Å². The third-order valence-electron chi connectivity index (χ3n) is 5.60. The van der Waals surface area contributed by atoms with Crippen LogP contribution in [0, 0.1) is 6.92 Å². The van der Waals surface area contributed by atoms with Crippen LogP contribution in [-0.2, 0) is 22.4 Å². The molecular weight excluding hydrogens is 418 g/mol. The van der Waals surface area contributed by atoms with Crippen LogP contribution in [-0.4, -0.2) is 28.6 Å². The molecule has 0 aliphatic carbocycles. The minimum atomic E-state index is -0.576. The van der Waals surface area contributed by atoms with E-state index in [0.717, 1.165) is 35.3 Å². The number of aromatic nitrogens is 2. The van der Waals surface area contributed by atoms with Crippen molar-refractivity contribution in [3.05, 3.63) is 95.3 Å². The first kappa shape index (κ1) is 20.6. The van der Waals surface area contributed by atoms with Crippen LogP contribution in [0.5, 0.6) is 0 Å². The zero-order valence-electron chi connectivity index (χ0n) is 18.0. The number of hydrogen-bond acceptors (Lipinski definition) is 6. The smallest absolute Gasteiger partial charge is 0.338 e. The Kier molecular flexibility index (Phi) is 5.44. The van der Waals surface area contributed by atoms with Crippen LogP contribution in [0.4, 0.5) is 11.4 Å². The first-order chi connectivity index (χ1) is 16.1. The van der Waals surface area contributed by atoms with E-state index >= 15 is 0 Å². The number of para-hydroxylation sites is 2. The lowest BCUT2D eigenvalue weighted by Crippen LogP contribution is -2.31. The second-order valence-corrected chi connectivity index (χ2v) is 7.79. The van der Waals surface area contributed by atoms with E-state index in [-0.39, 0.29) is 12.5 Å². The van der Waals surface area contributed by atoms with Crippen molar-refractivity contribution in [1.82, 2.24) is 10.1 Å². The summed E-state index contributed by atoms with van der Waals surface area (Å²) in [6.45, 7) is 1.36. The van der Waals surface area contributed by atoms with E-state index in [1.54, 1.807) is 36.1 Å². The van der Waals surface area contributed by atoms with Gasteiger partial charge in [-0.1, -0.05) is 41.6 Å². The molecule has 164 valence electrons. The molecule has 3 aromatic carbocycles. The zero-order chi connectivity index (χ0) is 22.8. The molecule has 0 atom stereocenters. The van der Waals surface area contributed by atoms with E-state index in [9.17, 15) is 9.59 Å². The van der Waals surface area contributed by atoms with Gasteiger partial charge < -0.3 is 9.26 Å². The predicted molar refractivity (Wildman–Crippen MR) is 122 cm³/mol. The molecule has 5 rings (SSSR count). The molecule has 0 fully saturated rings. The average Bonchev–Trinajstić information content (AvgIpc) is 3.21. The highest BCUT2D eigenvalue weighted by Crippen LogP contribution is 2.36. The summed E-state index contributed by atoms with van der Waals surface area (Å²) in [5, 5.41) is 3.76. The summed E-state index contributed by atoms with van der Waals surface area (Å²) in [6, 6.07) is 22.3. The van der Waals surface area contributed by atoms with Crippen LogP contribution in [0.15, 0.2) is 77.3 Å². The van der Waals surface area contributed by atoms with E-state index in [0.29, 0.717) is 22.8 Å². The first-order valence-corrected chi connectivity index (χ1v) is 10.7. The van der Waals surface area contributed by atoms with Gasteiger partial charge in [0.25, 0.3) is 11.8 Å². The molecule has 1 aromatic heterocycles. The molecule has 7 heteroatoms. The molecule has 0 radical (unpaired) electrons. The average molecular weight is 439 g/mol. The van der Waals surface area contributed by atoms with E-state index in [1.165, 1.54) is 0 Å². The number of nitrogens with zero attached hydrogens (tertiary/aromatic N) is 3. The maximum absolute atomic E-state index is 13.3. The van der Waals surface area contributed by atoms with Crippen LogP contribution in [0.3, 0.4) is 0 Å². The van der Waals surface area contributed by atoms with Crippen LogP contribution in [0.1, 0.15) is 27.3 Å². The Balaban J connectivity index is 1.33. The van der Waals surface area contributed by atoms with Gasteiger partial charge in [-0.25, -0.2) is 4.79 Å². The largest absolute Gasteiger partial charge is 0.452 e. The molecular formula is C26H21N3O4. The Morgan fingerprint density at radius 1 is 0.909 bits per heavy atom. The number of anilines is 2. The molecule has 0 spiro atoms. The fourth-order valence-electron chi connectivity index (χ4n) is 3.99. The molecule has 33 heavy (non-hydrogen) atoms. The molecule has 1 aliphatic rings. The van der Waals surface area contributed by atoms with Crippen LogP contribution in [0.2, 0.25) is 0 Å². The Hall–Kier alpha value is -4.26. The number of ether oxygens (including phenoxy) is 1. The van der Waals surface area contributed by atoms with Gasteiger partial charge >= 0.3 is 5.97 Å². The summed E-state index contributed by atoms with van der Waals surface area (Å²) in [6.07, 6.45) is 1.67. The van der Waals surface area contributed by atoms with Gasteiger partial charge in [-0.15, -0.1) is 0 Å². The second kappa shape index (κ2) is 8.70. The number of carbonyl (C=O) groups is 2. The van der Waals surface area contributed by atoms with Gasteiger partial charge in [-0.05, 0) is 67.3 Å². The monoisotopic (exact) mass is 439 g/mol. The lowest BCUT2D eigenvalue weighted by Gasteiger charge is -2.24. The maximum atomic E-state index is 13.3. The van der Waals surface area contributed by atoms with Crippen LogP contribution in [0.25, 0.3) is 11.5 Å². The standard InChI is InChI=1S/C26H21N3O4/c1-17-27-25(33-28-17)20-12-14-21(15-13-20)26(31)32-16-24(30)29-22-8-4-2-6-18(22)10-11-19-7-3-5-9-23(19)29/h2-9,12-15H,10-11,16H2,1H3. The van der Waals surface area contributed by atoms with E-state index in [2.05, 4.69) is 10.1 Å². The summed E-state index contributed by atoms with van der Waals surface area (Å²) in [5.74, 6) is 0.0286. The quantitative estimate of drug-likeness (QED) is 0.430. The molecule has 1 amide bonds. The third kappa shape index (κ3) is 4.13. The molecule has 0 N–H and O–H groups in total. The Bertz CT molecular complexity index is 1280. The Morgan fingerprint density at radius 3 is 2.09 bits per heavy atom. The highest BCUT2D eigenvalue weighted by molar-refractivity contribution is 6.04. The van der Waals surface area contributed by atoms with Gasteiger partial charge in [0.1, 0.15) is 0 Å². The lowest BCUT2D eigenvalue weighted by molar-refractivity contribution is -0.120. The van der Waals surface area contributed by atoms with Crippen molar-refractivity contribution >= 4 is 23.3 Å².